The number of hydrogen-bond acceptors (Lipinski definition) is 2. The molecule has 0 saturated carbocycles. The summed E-state index contributed by atoms with van der Waals surface area (Å²) < 4.78 is 1.40. The highest BCUT2D eigenvalue weighted by molar-refractivity contribution is 5.75. The van der Waals surface area contributed by atoms with Crippen LogP contribution in [0.3, 0.4) is 0 Å². The van der Waals surface area contributed by atoms with Gasteiger partial charge in [0.15, 0.2) is 0 Å². The summed E-state index contributed by atoms with van der Waals surface area (Å²) in [4.78, 5) is 24.2. The van der Waals surface area contributed by atoms with Crippen LogP contribution in [-0.2, 0) is 11.3 Å². The van der Waals surface area contributed by atoms with Crippen LogP contribution in [0.5, 0.6) is 0 Å². The summed E-state index contributed by atoms with van der Waals surface area (Å²) in [6, 6.07) is 3.33. The van der Waals surface area contributed by atoms with Crippen molar-refractivity contribution >= 4 is 5.91 Å². The van der Waals surface area contributed by atoms with Gasteiger partial charge >= 0.3 is 0 Å². The van der Waals surface area contributed by atoms with E-state index in [0.717, 1.165) is 5.56 Å². The van der Waals surface area contributed by atoms with Crippen molar-refractivity contribution in [2.24, 2.45) is 0 Å². The molecule has 1 heterocycles. The molecule has 0 aliphatic heterocycles. The van der Waals surface area contributed by atoms with Gasteiger partial charge in [-0.1, -0.05) is 0 Å². The highest BCUT2D eigenvalue weighted by Gasteiger charge is 2.05. The maximum atomic E-state index is 11.4. The Morgan fingerprint density at radius 1 is 1.50 bits per heavy atom. The zero-order valence-electron chi connectivity index (χ0n) is 8.65. The van der Waals surface area contributed by atoms with Gasteiger partial charge in [0.25, 0.3) is 5.56 Å². The van der Waals surface area contributed by atoms with Crippen molar-refractivity contribution in [2.75, 3.05) is 14.1 Å². The fourth-order valence-electron chi connectivity index (χ4n) is 1.02. The third-order valence-corrected chi connectivity index (χ3v) is 1.96. The Morgan fingerprint density at radius 2 is 2.14 bits per heavy atom. The molecule has 0 fully saturated rings. The highest BCUT2D eigenvalue weighted by Crippen LogP contribution is 1.92. The summed E-state index contributed by atoms with van der Waals surface area (Å²) >= 11 is 0. The van der Waals surface area contributed by atoms with Crippen LogP contribution in [0.15, 0.2) is 23.1 Å². The largest absolute Gasteiger partial charge is 0.347 e. The second kappa shape index (κ2) is 4.09. The van der Waals surface area contributed by atoms with Crippen LogP contribution in [-0.4, -0.2) is 29.5 Å². The van der Waals surface area contributed by atoms with Crippen molar-refractivity contribution in [1.82, 2.24) is 9.47 Å². The second-order valence-electron chi connectivity index (χ2n) is 3.46. The maximum Gasteiger partial charge on any atom is 0.251 e. The lowest BCUT2D eigenvalue weighted by atomic mass is 10.3. The van der Waals surface area contributed by atoms with Crippen molar-refractivity contribution in [2.45, 2.75) is 13.5 Å². The van der Waals surface area contributed by atoms with Crippen LogP contribution >= 0.6 is 0 Å². The monoisotopic (exact) mass is 194 g/mol. The number of carbonyl (C=O) groups is 1. The number of carbonyl (C=O) groups excluding carboxylic acids is 1. The number of aromatic nitrogens is 1. The Kier molecular flexibility index (Phi) is 3.06. The number of aryl methyl sites for hydroxylation is 1. The fourth-order valence-corrected chi connectivity index (χ4v) is 1.02. The summed E-state index contributed by atoms with van der Waals surface area (Å²) in [5.41, 5.74) is 0.767. The van der Waals surface area contributed by atoms with E-state index in [9.17, 15) is 9.59 Å². The first-order valence-electron chi connectivity index (χ1n) is 4.38. The maximum absolute atomic E-state index is 11.4. The van der Waals surface area contributed by atoms with E-state index >= 15 is 0 Å². The SMILES string of the molecule is Cc1ccn(CC(=O)N(C)C)c(=O)c1. The van der Waals surface area contributed by atoms with Crippen molar-refractivity contribution in [1.29, 1.82) is 0 Å². The first kappa shape index (κ1) is 10.5. The standard InChI is InChI=1S/C10H14N2O2/c1-8-4-5-12(9(13)6-8)7-10(14)11(2)3/h4-6H,7H2,1-3H3. The van der Waals surface area contributed by atoms with Gasteiger partial charge in [-0.15, -0.1) is 0 Å². The molecule has 0 aliphatic rings. The summed E-state index contributed by atoms with van der Waals surface area (Å²) in [6.07, 6.45) is 1.64. The molecule has 14 heavy (non-hydrogen) atoms. The Balaban J connectivity index is 2.88. The molecular formula is C10H14N2O2. The van der Waals surface area contributed by atoms with E-state index in [2.05, 4.69) is 0 Å². The third-order valence-electron chi connectivity index (χ3n) is 1.96. The lowest BCUT2D eigenvalue weighted by Crippen LogP contribution is -2.31. The first-order valence-corrected chi connectivity index (χ1v) is 4.38. The van der Waals surface area contributed by atoms with Gasteiger partial charge in [0.2, 0.25) is 5.91 Å². The quantitative estimate of drug-likeness (QED) is 0.677. The molecule has 1 rings (SSSR count). The summed E-state index contributed by atoms with van der Waals surface area (Å²) in [6.45, 7) is 1.95. The molecule has 0 bridgehead atoms. The van der Waals surface area contributed by atoms with E-state index in [1.807, 2.05) is 13.0 Å². The molecule has 0 atom stereocenters. The van der Waals surface area contributed by atoms with Gasteiger partial charge in [0, 0.05) is 26.4 Å². The zero-order chi connectivity index (χ0) is 10.7. The average molecular weight is 194 g/mol. The fraction of sp³-hybridized carbons (Fsp3) is 0.400. The molecule has 1 aromatic heterocycles. The molecule has 0 aromatic carbocycles. The highest BCUT2D eigenvalue weighted by atomic mass is 16.2. The summed E-state index contributed by atoms with van der Waals surface area (Å²) in [7, 11) is 3.34. The Hall–Kier alpha value is -1.58. The minimum Gasteiger partial charge on any atom is -0.347 e. The van der Waals surface area contributed by atoms with Crippen LogP contribution in [0.1, 0.15) is 5.56 Å². The number of likely N-dealkylation sites (N-methyl/N-ethyl adjacent to an activating group) is 1. The first-order chi connectivity index (χ1) is 6.50. The minimum absolute atomic E-state index is 0.0871. The topological polar surface area (TPSA) is 42.3 Å². The van der Waals surface area contributed by atoms with Gasteiger partial charge in [0.1, 0.15) is 6.54 Å². The van der Waals surface area contributed by atoms with Crippen molar-refractivity contribution in [3.8, 4) is 0 Å². The molecule has 0 aliphatic carbocycles. The molecule has 1 aromatic rings. The minimum atomic E-state index is -0.139. The summed E-state index contributed by atoms with van der Waals surface area (Å²) in [5.74, 6) is -0.0871. The van der Waals surface area contributed by atoms with Gasteiger partial charge < -0.3 is 9.47 Å². The van der Waals surface area contributed by atoms with Crippen LogP contribution in [0.25, 0.3) is 0 Å². The van der Waals surface area contributed by atoms with Gasteiger partial charge in [0.05, 0.1) is 0 Å². The molecule has 0 spiro atoms. The van der Waals surface area contributed by atoms with Crippen molar-refractivity contribution in [3.05, 3.63) is 34.2 Å². The summed E-state index contributed by atoms with van der Waals surface area (Å²) in [5, 5.41) is 0. The van der Waals surface area contributed by atoms with Gasteiger partial charge in [-0.3, -0.25) is 9.59 Å². The van der Waals surface area contributed by atoms with Gasteiger partial charge in [-0.05, 0) is 18.6 Å². The van der Waals surface area contributed by atoms with Crippen LogP contribution in [0, 0.1) is 6.92 Å². The molecule has 0 radical (unpaired) electrons. The van der Waals surface area contributed by atoms with E-state index in [1.165, 1.54) is 15.5 Å². The van der Waals surface area contributed by atoms with Gasteiger partial charge in [-0.2, -0.15) is 0 Å². The Bertz CT molecular complexity index is 393. The van der Waals surface area contributed by atoms with E-state index in [0.29, 0.717) is 0 Å². The number of hydrogen-bond donors (Lipinski definition) is 0. The molecule has 76 valence electrons. The molecule has 0 unspecified atom stereocenters. The zero-order valence-corrected chi connectivity index (χ0v) is 8.65. The van der Waals surface area contributed by atoms with Crippen molar-refractivity contribution in [3.63, 3.8) is 0 Å². The van der Waals surface area contributed by atoms with E-state index in [4.69, 9.17) is 0 Å². The average Bonchev–Trinajstić information content (AvgIpc) is 2.09. The lowest BCUT2D eigenvalue weighted by molar-refractivity contribution is -0.129. The molecule has 0 N–H and O–H groups in total. The molecule has 4 heteroatoms. The molecular weight excluding hydrogens is 180 g/mol. The van der Waals surface area contributed by atoms with Crippen LogP contribution in [0.2, 0.25) is 0 Å². The van der Waals surface area contributed by atoms with E-state index in [1.54, 1.807) is 20.3 Å². The molecule has 4 nitrogen and oxygen atoms in total. The number of amides is 1. The number of pyridine rings is 1. The second-order valence-corrected chi connectivity index (χ2v) is 3.46. The predicted octanol–water partition coefficient (Wildman–Crippen LogP) is 0.245. The third kappa shape index (κ3) is 2.45. The predicted molar refractivity (Wildman–Crippen MR) is 54.1 cm³/mol. The number of nitrogens with zero attached hydrogens (tertiary/aromatic N) is 2. The smallest absolute Gasteiger partial charge is 0.251 e. The van der Waals surface area contributed by atoms with E-state index in [-0.39, 0.29) is 18.0 Å². The Labute approximate surface area is 82.8 Å². The normalized spacial score (nSPS) is 9.93. The van der Waals surface area contributed by atoms with E-state index < -0.39 is 0 Å². The molecule has 1 amide bonds. The lowest BCUT2D eigenvalue weighted by Gasteiger charge is -2.11. The van der Waals surface area contributed by atoms with Gasteiger partial charge in [-0.25, -0.2) is 0 Å². The van der Waals surface area contributed by atoms with Crippen LogP contribution < -0.4 is 5.56 Å². The molecule has 0 saturated heterocycles. The van der Waals surface area contributed by atoms with Crippen LogP contribution in [0.4, 0.5) is 0 Å². The Morgan fingerprint density at radius 3 is 2.64 bits per heavy atom. The number of rotatable bonds is 2. The van der Waals surface area contributed by atoms with Crippen molar-refractivity contribution < 1.29 is 4.79 Å².